The number of nitrogens with two attached hydrogens (primary N) is 2. The normalized spacial score (nSPS) is 30.2. The fourth-order valence-corrected chi connectivity index (χ4v) is 3.51. The molecule has 2 aliphatic rings. The van der Waals surface area contributed by atoms with Gasteiger partial charge in [0.25, 0.3) is 0 Å². The summed E-state index contributed by atoms with van der Waals surface area (Å²) in [6.07, 6.45) is 10.3. The Hall–Kier alpha value is -1.20. The van der Waals surface area contributed by atoms with Crippen LogP contribution in [0.2, 0.25) is 0 Å². The van der Waals surface area contributed by atoms with Gasteiger partial charge >= 0.3 is 0 Å². The zero-order chi connectivity index (χ0) is 14.9. The molecule has 0 aromatic carbocycles. The van der Waals surface area contributed by atoms with Crippen LogP contribution in [-0.4, -0.2) is 29.1 Å². The van der Waals surface area contributed by atoms with Gasteiger partial charge in [-0.25, -0.2) is 9.97 Å². The molecule has 3 rings (SSSR count). The molecule has 1 saturated heterocycles. The quantitative estimate of drug-likeness (QED) is 0.883. The first kappa shape index (κ1) is 14.7. The minimum atomic E-state index is -0.284. The summed E-state index contributed by atoms with van der Waals surface area (Å²) in [6.45, 7) is 4.43. The summed E-state index contributed by atoms with van der Waals surface area (Å²) in [6, 6.07) is 0.304. The van der Waals surface area contributed by atoms with E-state index >= 15 is 0 Å². The third-order valence-corrected chi connectivity index (χ3v) is 5.07. The van der Waals surface area contributed by atoms with Crippen LogP contribution >= 0.6 is 0 Å². The van der Waals surface area contributed by atoms with E-state index < -0.39 is 0 Å². The number of nitrogens with zero attached hydrogens (tertiary/aromatic N) is 3. The first-order chi connectivity index (χ1) is 10.1. The predicted molar refractivity (Wildman–Crippen MR) is 85.0 cm³/mol. The number of hydrogen-bond donors (Lipinski definition) is 2. The van der Waals surface area contributed by atoms with Crippen molar-refractivity contribution in [3.8, 4) is 0 Å². The highest BCUT2D eigenvalue weighted by Crippen LogP contribution is 2.34. The second kappa shape index (κ2) is 5.89. The van der Waals surface area contributed by atoms with Crippen molar-refractivity contribution in [1.82, 2.24) is 9.97 Å². The van der Waals surface area contributed by atoms with E-state index in [0.29, 0.717) is 6.04 Å². The van der Waals surface area contributed by atoms with Crippen molar-refractivity contribution in [2.45, 2.75) is 57.0 Å². The van der Waals surface area contributed by atoms with Crippen LogP contribution in [0.1, 0.15) is 51.0 Å². The summed E-state index contributed by atoms with van der Waals surface area (Å²) in [5.41, 5.74) is 13.3. The van der Waals surface area contributed by atoms with Gasteiger partial charge in [-0.15, -0.1) is 0 Å². The second-order valence-corrected chi connectivity index (χ2v) is 6.82. The summed E-state index contributed by atoms with van der Waals surface area (Å²) in [4.78, 5) is 11.3. The first-order valence-corrected chi connectivity index (χ1v) is 8.22. The molecule has 0 radical (unpaired) electrons. The molecule has 4 N–H and O–H groups in total. The van der Waals surface area contributed by atoms with Crippen molar-refractivity contribution < 1.29 is 0 Å². The Morgan fingerprint density at radius 2 is 1.86 bits per heavy atom. The molecule has 0 spiro atoms. The molecular weight excluding hydrogens is 262 g/mol. The molecule has 21 heavy (non-hydrogen) atoms. The lowest BCUT2D eigenvalue weighted by molar-refractivity contribution is 0.276. The lowest BCUT2D eigenvalue weighted by Crippen LogP contribution is -2.47. The Morgan fingerprint density at radius 1 is 1.24 bits per heavy atom. The summed E-state index contributed by atoms with van der Waals surface area (Å²) in [5, 5.41) is 0. The molecule has 1 saturated carbocycles. The standard InChI is InChI=1S/C16H27N5/c1-2-3-12-10-21(11-12)15-19-8-13(9-20-15)16(18)6-4-14(17)5-7-16/h8-9,12,14H,2-7,10-11,17-18H2,1H3. The SMILES string of the molecule is CCCC1CN(c2ncc(C3(N)CCC(N)CC3)cn2)C1. The molecule has 0 amide bonds. The molecule has 116 valence electrons. The van der Waals surface area contributed by atoms with Gasteiger partial charge in [-0.2, -0.15) is 0 Å². The van der Waals surface area contributed by atoms with Crippen molar-refractivity contribution in [2.24, 2.45) is 17.4 Å². The van der Waals surface area contributed by atoms with Gasteiger partial charge in [0.1, 0.15) is 0 Å². The average Bonchev–Trinajstić information content (AvgIpc) is 2.46. The van der Waals surface area contributed by atoms with Crippen molar-refractivity contribution in [3.63, 3.8) is 0 Å². The molecule has 5 nitrogen and oxygen atoms in total. The van der Waals surface area contributed by atoms with Gasteiger partial charge in [0.15, 0.2) is 0 Å². The van der Waals surface area contributed by atoms with Crippen LogP contribution in [0.5, 0.6) is 0 Å². The Bertz CT molecular complexity index is 458. The van der Waals surface area contributed by atoms with E-state index in [-0.39, 0.29) is 5.54 Å². The Labute approximate surface area is 127 Å². The third-order valence-electron chi connectivity index (χ3n) is 5.07. The fraction of sp³-hybridized carbons (Fsp3) is 0.750. The molecule has 0 unspecified atom stereocenters. The molecule has 2 heterocycles. The van der Waals surface area contributed by atoms with Gasteiger partial charge in [0.2, 0.25) is 5.95 Å². The van der Waals surface area contributed by atoms with Crippen LogP contribution in [0, 0.1) is 5.92 Å². The van der Waals surface area contributed by atoms with E-state index in [1.54, 1.807) is 0 Å². The highest BCUT2D eigenvalue weighted by molar-refractivity contribution is 5.35. The van der Waals surface area contributed by atoms with E-state index in [1.807, 2.05) is 12.4 Å². The second-order valence-electron chi connectivity index (χ2n) is 6.82. The van der Waals surface area contributed by atoms with Crippen molar-refractivity contribution in [1.29, 1.82) is 0 Å². The third kappa shape index (κ3) is 3.04. The summed E-state index contributed by atoms with van der Waals surface area (Å²) < 4.78 is 0. The minimum Gasteiger partial charge on any atom is -0.340 e. The number of hydrogen-bond acceptors (Lipinski definition) is 5. The molecule has 1 aromatic rings. The average molecular weight is 289 g/mol. The topological polar surface area (TPSA) is 81.1 Å². The molecule has 2 fully saturated rings. The molecule has 0 bridgehead atoms. The van der Waals surface area contributed by atoms with Gasteiger partial charge in [0.05, 0.1) is 0 Å². The molecule has 5 heteroatoms. The summed E-state index contributed by atoms with van der Waals surface area (Å²) in [7, 11) is 0. The van der Waals surface area contributed by atoms with Gasteiger partial charge in [-0.3, -0.25) is 0 Å². The maximum Gasteiger partial charge on any atom is 0.225 e. The van der Waals surface area contributed by atoms with Crippen LogP contribution in [0.3, 0.4) is 0 Å². The van der Waals surface area contributed by atoms with Crippen molar-refractivity contribution in [3.05, 3.63) is 18.0 Å². The minimum absolute atomic E-state index is 0.284. The largest absolute Gasteiger partial charge is 0.340 e. The number of anilines is 1. The van der Waals surface area contributed by atoms with Gasteiger partial charge in [-0.05, 0) is 38.0 Å². The Kier molecular flexibility index (Phi) is 4.13. The monoisotopic (exact) mass is 289 g/mol. The summed E-state index contributed by atoms with van der Waals surface area (Å²) in [5.74, 6) is 1.67. The first-order valence-electron chi connectivity index (χ1n) is 8.22. The van der Waals surface area contributed by atoms with Crippen LogP contribution < -0.4 is 16.4 Å². The maximum atomic E-state index is 6.53. The van der Waals surface area contributed by atoms with E-state index in [2.05, 4.69) is 21.8 Å². The van der Waals surface area contributed by atoms with Gasteiger partial charge < -0.3 is 16.4 Å². The molecular formula is C16H27N5. The number of rotatable bonds is 4. The zero-order valence-corrected chi connectivity index (χ0v) is 13.0. The van der Waals surface area contributed by atoms with Crippen LogP contribution in [0.4, 0.5) is 5.95 Å². The van der Waals surface area contributed by atoms with Gasteiger partial charge in [0, 0.05) is 42.6 Å². The van der Waals surface area contributed by atoms with Crippen molar-refractivity contribution in [2.75, 3.05) is 18.0 Å². The Morgan fingerprint density at radius 3 is 2.43 bits per heavy atom. The fourth-order valence-electron chi connectivity index (χ4n) is 3.51. The zero-order valence-electron chi connectivity index (χ0n) is 13.0. The molecule has 1 aliphatic carbocycles. The van der Waals surface area contributed by atoms with Crippen LogP contribution in [0.15, 0.2) is 12.4 Å². The highest BCUT2D eigenvalue weighted by atomic mass is 15.3. The number of aromatic nitrogens is 2. The molecule has 0 atom stereocenters. The predicted octanol–water partition coefficient (Wildman–Crippen LogP) is 1.77. The maximum absolute atomic E-state index is 6.53. The van der Waals surface area contributed by atoms with E-state index in [1.165, 1.54) is 12.8 Å². The van der Waals surface area contributed by atoms with Gasteiger partial charge in [-0.1, -0.05) is 13.3 Å². The smallest absolute Gasteiger partial charge is 0.225 e. The Balaban J connectivity index is 1.62. The van der Waals surface area contributed by atoms with Crippen molar-refractivity contribution >= 4 is 5.95 Å². The summed E-state index contributed by atoms with van der Waals surface area (Å²) >= 11 is 0. The van der Waals surface area contributed by atoms with E-state index in [0.717, 1.165) is 56.2 Å². The lowest BCUT2D eigenvalue weighted by Gasteiger charge is -2.40. The van der Waals surface area contributed by atoms with Crippen LogP contribution in [0.25, 0.3) is 0 Å². The highest BCUT2D eigenvalue weighted by Gasteiger charge is 2.33. The molecule has 1 aliphatic heterocycles. The van der Waals surface area contributed by atoms with E-state index in [9.17, 15) is 0 Å². The van der Waals surface area contributed by atoms with E-state index in [4.69, 9.17) is 11.5 Å². The van der Waals surface area contributed by atoms with Crippen LogP contribution in [-0.2, 0) is 5.54 Å². The molecule has 1 aromatic heterocycles. The lowest BCUT2D eigenvalue weighted by atomic mass is 9.77.